The van der Waals surface area contributed by atoms with Crippen LogP contribution < -0.4 is 0 Å². The summed E-state index contributed by atoms with van der Waals surface area (Å²) in [7, 11) is 2.33. The molecule has 17 heavy (non-hydrogen) atoms. The van der Waals surface area contributed by atoms with E-state index in [-0.39, 0.29) is 4.87 Å². The standard InChI is InChI=1S/C6H16O3SSi.C6H14/c1-5-6(10)11(7-2,8-3)9-4;1-3-5-6-4-2/h6,10H,5H2,1-4H3;3-6H2,1-2H3. The Morgan fingerprint density at radius 2 is 1.24 bits per heavy atom. The van der Waals surface area contributed by atoms with Crippen LogP contribution in [0.3, 0.4) is 0 Å². The maximum Gasteiger partial charge on any atom is 0.513 e. The average molecular weight is 283 g/mol. The highest BCUT2D eigenvalue weighted by Gasteiger charge is 2.44. The molecule has 0 saturated carbocycles. The fraction of sp³-hybridized carbons (Fsp3) is 1.00. The molecule has 0 heterocycles. The van der Waals surface area contributed by atoms with Gasteiger partial charge < -0.3 is 13.3 Å². The smallest absolute Gasteiger partial charge is 0.376 e. The Hall–Kier alpha value is 0.447. The number of unbranched alkanes of at least 4 members (excludes halogenated alkanes) is 3. The van der Waals surface area contributed by atoms with E-state index in [2.05, 4.69) is 26.5 Å². The molecule has 0 rings (SSSR count). The summed E-state index contributed by atoms with van der Waals surface area (Å²) >= 11 is 4.34. The molecule has 1 atom stereocenters. The van der Waals surface area contributed by atoms with Gasteiger partial charge in [0.2, 0.25) is 0 Å². The Labute approximate surface area is 114 Å². The molecule has 0 aliphatic rings. The molecule has 0 aromatic heterocycles. The monoisotopic (exact) mass is 282 g/mol. The van der Waals surface area contributed by atoms with Gasteiger partial charge in [-0.15, -0.1) is 0 Å². The third-order valence-corrected chi connectivity index (χ3v) is 6.85. The summed E-state index contributed by atoms with van der Waals surface area (Å²) < 4.78 is 15.6. The van der Waals surface area contributed by atoms with E-state index in [0.29, 0.717) is 0 Å². The lowest BCUT2D eigenvalue weighted by Gasteiger charge is -2.28. The molecule has 0 N–H and O–H groups in total. The first-order chi connectivity index (χ1) is 8.08. The van der Waals surface area contributed by atoms with Crippen LogP contribution in [0.5, 0.6) is 0 Å². The minimum absolute atomic E-state index is 0.0579. The lowest BCUT2D eigenvalue weighted by molar-refractivity contribution is 0.121. The lowest BCUT2D eigenvalue weighted by atomic mass is 10.2. The predicted molar refractivity (Wildman–Crippen MR) is 79.7 cm³/mol. The summed E-state index contributed by atoms with van der Waals surface area (Å²) in [6.45, 7) is 6.49. The SMILES string of the molecule is CCC(S)[Si](OC)(OC)OC.CCCCCC. The number of hydrogen-bond acceptors (Lipinski definition) is 4. The summed E-state index contributed by atoms with van der Waals surface area (Å²) in [4.78, 5) is 0.0579. The first kappa shape index (κ1) is 19.8. The molecule has 0 aromatic rings. The molecule has 0 spiro atoms. The molecule has 0 aliphatic heterocycles. The molecule has 1 unspecified atom stereocenters. The average Bonchev–Trinajstić information content (AvgIpc) is 2.39. The van der Waals surface area contributed by atoms with Crippen molar-refractivity contribution in [2.24, 2.45) is 0 Å². The molecule has 0 amide bonds. The van der Waals surface area contributed by atoms with Crippen molar-refractivity contribution in [3.8, 4) is 0 Å². The van der Waals surface area contributed by atoms with Gasteiger partial charge in [0.05, 0.1) is 4.87 Å². The van der Waals surface area contributed by atoms with Crippen LogP contribution in [0.25, 0.3) is 0 Å². The first-order valence-corrected chi connectivity index (χ1v) is 8.73. The normalized spacial score (nSPS) is 12.9. The van der Waals surface area contributed by atoms with Crippen molar-refractivity contribution in [3.63, 3.8) is 0 Å². The third kappa shape index (κ3) is 8.21. The number of hydrogen-bond donors (Lipinski definition) is 1. The van der Waals surface area contributed by atoms with E-state index in [4.69, 9.17) is 13.3 Å². The molecular weight excluding hydrogens is 252 g/mol. The van der Waals surface area contributed by atoms with Crippen molar-refractivity contribution in [1.82, 2.24) is 0 Å². The summed E-state index contributed by atoms with van der Waals surface area (Å²) in [5.41, 5.74) is 0. The van der Waals surface area contributed by atoms with Crippen molar-refractivity contribution in [2.45, 2.75) is 57.7 Å². The van der Waals surface area contributed by atoms with Crippen LogP contribution in [0, 0.1) is 0 Å². The molecule has 0 bridgehead atoms. The maximum absolute atomic E-state index is 5.21. The summed E-state index contributed by atoms with van der Waals surface area (Å²) in [6, 6.07) is 0. The highest BCUT2D eigenvalue weighted by molar-refractivity contribution is 7.83. The van der Waals surface area contributed by atoms with Gasteiger partial charge in [-0.3, -0.25) is 0 Å². The Balaban J connectivity index is 0. The first-order valence-electron chi connectivity index (χ1n) is 6.41. The van der Waals surface area contributed by atoms with E-state index in [1.165, 1.54) is 25.7 Å². The minimum Gasteiger partial charge on any atom is -0.376 e. The van der Waals surface area contributed by atoms with Crippen molar-refractivity contribution < 1.29 is 13.3 Å². The second-order valence-corrected chi connectivity index (χ2v) is 8.09. The molecule has 0 radical (unpaired) electrons. The van der Waals surface area contributed by atoms with Crippen LogP contribution in [-0.4, -0.2) is 35.0 Å². The predicted octanol–water partition coefficient (Wildman–Crippen LogP) is 3.70. The van der Waals surface area contributed by atoms with Crippen LogP contribution in [-0.2, 0) is 13.3 Å². The van der Waals surface area contributed by atoms with Gasteiger partial charge in [0.25, 0.3) is 0 Å². The van der Waals surface area contributed by atoms with E-state index in [1.807, 2.05) is 6.92 Å². The maximum atomic E-state index is 5.21. The number of thiol groups is 1. The third-order valence-electron chi connectivity index (χ3n) is 2.61. The molecule has 3 nitrogen and oxygen atoms in total. The fourth-order valence-corrected chi connectivity index (χ4v) is 4.17. The van der Waals surface area contributed by atoms with E-state index in [0.717, 1.165) is 6.42 Å². The van der Waals surface area contributed by atoms with Crippen LogP contribution in [0.1, 0.15) is 52.9 Å². The van der Waals surface area contributed by atoms with Gasteiger partial charge in [-0.2, -0.15) is 12.6 Å². The van der Waals surface area contributed by atoms with Crippen molar-refractivity contribution >= 4 is 21.4 Å². The summed E-state index contributed by atoms with van der Waals surface area (Å²) in [5, 5.41) is 0. The second-order valence-electron chi connectivity index (χ2n) is 3.85. The molecular formula is C12H30O3SSi. The van der Waals surface area contributed by atoms with Crippen LogP contribution in [0.15, 0.2) is 0 Å². The largest absolute Gasteiger partial charge is 0.513 e. The van der Waals surface area contributed by atoms with Crippen LogP contribution in [0.2, 0.25) is 0 Å². The van der Waals surface area contributed by atoms with Gasteiger partial charge in [0.1, 0.15) is 0 Å². The Bertz CT molecular complexity index is 142. The van der Waals surface area contributed by atoms with E-state index >= 15 is 0 Å². The van der Waals surface area contributed by atoms with Gasteiger partial charge in [-0.25, -0.2) is 0 Å². The van der Waals surface area contributed by atoms with Gasteiger partial charge in [0.15, 0.2) is 0 Å². The topological polar surface area (TPSA) is 27.7 Å². The van der Waals surface area contributed by atoms with Crippen molar-refractivity contribution in [2.75, 3.05) is 21.3 Å². The Morgan fingerprint density at radius 3 is 1.35 bits per heavy atom. The molecule has 106 valence electrons. The summed E-state index contributed by atoms with van der Waals surface area (Å²) in [5.74, 6) is 0. The van der Waals surface area contributed by atoms with Crippen LogP contribution in [0.4, 0.5) is 0 Å². The second kappa shape index (κ2) is 12.9. The highest BCUT2D eigenvalue weighted by atomic mass is 32.1. The Kier molecular flexibility index (Phi) is 15.0. The quantitative estimate of drug-likeness (QED) is 0.418. The van der Waals surface area contributed by atoms with Gasteiger partial charge in [-0.1, -0.05) is 46.5 Å². The summed E-state index contributed by atoms with van der Waals surface area (Å²) in [6.07, 6.45) is 6.42. The zero-order valence-corrected chi connectivity index (χ0v) is 14.2. The molecule has 0 aliphatic carbocycles. The van der Waals surface area contributed by atoms with Gasteiger partial charge in [0, 0.05) is 21.3 Å². The van der Waals surface area contributed by atoms with Gasteiger partial charge in [-0.05, 0) is 6.42 Å². The molecule has 5 heteroatoms. The Morgan fingerprint density at radius 1 is 0.882 bits per heavy atom. The van der Waals surface area contributed by atoms with Crippen molar-refractivity contribution in [3.05, 3.63) is 0 Å². The van der Waals surface area contributed by atoms with Crippen molar-refractivity contribution in [1.29, 1.82) is 0 Å². The van der Waals surface area contributed by atoms with E-state index in [9.17, 15) is 0 Å². The number of rotatable bonds is 8. The molecule has 0 saturated heterocycles. The molecule has 0 fully saturated rings. The minimum atomic E-state index is -2.46. The molecule has 0 aromatic carbocycles. The van der Waals surface area contributed by atoms with E-state index < -0.39 is 8.80 Å². The zero-order chi connectivity index (χ0) is 13.7. The van der Waals surface area contributed by atoms with E-state index in [1.54, 1.807) is 21.3 Å². The highest BCUT2D eigenvalue weighted by Crippen LogP contribution is 2.19. The van der Waals surface area contributed by atoms with Gasteiger partial charge >= 0.3 is 8.80 Å². The zero-order valence-electron chi connectivity index (χ0n) is 12.3. The van der Waals surface area contributed by atoms with Crippen LogP contribution >= 0.6 is 12.6 Å². The lowest BCUT2D eigenvalue weighted by Crippen LogP contribution is -2.51. The fourth-order valence-electron chi connectivity index (χ4n) is 1.41.